The summed E-state index contributed by atoms with van der Waals surface area (Å²) in [4.78, 5) is 23.4. The maximum Gasteiger partial charge on any atom is 0.408 e. The van der Waals surface area contributed by atoms with Crippen LogP contribution in [0.3, 0.4) is 0 Å². The van der Waals surface area contributed by atoms with Crippen molar-refractivity contribution in [2.45, 2.75) is 58.0 Å². The number of hydrogen-bond donors (Lipinski definition) is 2. The standard InChI is InChI=1S/C20H29NO7/c1-20(2,3)28-19(24)21-17(18(22)23)14-7-9-15(10-8-14)25-12-13-27-16-6-4-5-11-26-16/h7-10,16-17H,4-6,11-13H2,1-3H3,(H,21,24)(H,22,23)/t16?,17-/m1/s1. The fraction of sp³-hybridized carbons (Fsp3) is 0.600. The van der Waals surface area contributed by atoms with Crippen LogP contribution in [-0.4, -0.2) is 48.9 Å². The summed E-state index contributed by atoms with van der Waals surface area (Å²) in [5.41, 5.74) is -0.298. The summed E-state index contributed by atoms with van der Waals surface area (Å²) >= 11 is 0. The molecule has 8 nitrogen and oxygen atoms in total. The van der Waals surface area contributed by atoms with Gasteiger partial charge in [0.2, 0.25) is 0 Å². The fourth-order valence-electron chi connectivity index (χ4n) is 2.65. The third-order valence-electron chi connectivity index (χ3n) is 3.92. The highest BCUT2D eigenvalue weighted by atomic mass is 16.7. The number of benzene rings is 1. The SMILES string of the molecule is CC(C)(C)OC(=O)N[C@@H](C(=O)O)c1ccc(OCCOC2CCCCO2)cc1. The van der Waals surface area contributed by atoms with Crippen LogP contribution in [0.1, 0.15) is 51.6 Å². The summed E-state index contributed by atoms with van der Waals surface area (Å²) in [6.07, 6.45) is 2.13. The number of aliphatic carboxylic acids is 1. The Hall–Kier alpha value is -2.32. The molecule has 1 saturated heterocycles. The molecule has 1 unspecified atom stereocenters. The number of carboxylic acid groups (broad SMARTS) is 1. The number of amides is 1. The summed E-state index contributed by atoms with van der Waals surface area (Å²) in [5, 5.41) is 11.8. The molecule has 0 radical (unpaired) electrons. The van der Waals surface area contributed by atoms with Crippen molar-refractivity contribution in [3.8, 4) is 5.75 Å². The van der Waals surface area contributed by atoms with E-state index in [2.05, 4.69) is 5.32 Å². The number of carboxylic acids is 1. The number of nitrogens with one attached hydrogen (secondary N) is 1. The Morgan fingerprint density at radius 1 is 1.21 bits per heavy atom. The number of hydrogen-bond acceptors (Lipinski definition) is 6. The average molecular weight is 395 g/mol. The van der Waals surface area contributed by atoms with Crippen molar-refractivity contribution in [3.63, 3.8) is 0 Å². The highest BCUT2D eigenvalue weighted by Gasteiger charge is 2.25. The van der Waals surface area contributed by atoms with Crippen molar-refractivity contribution >= 4 is 12.1 Å². The minimum absolute atomic E-state index is 0.157. The number of rotatable bonds is 8. The molecule has 0 saturated carbocycles. The predicted octanol–water partition coefficient (Wildman–Crippen LogP) is 3.26. The first kappa shape index (κ1) is 22.0. The number of alkyl carbamates (subject to hydrolysis) is 1. The first-order valence-corrected chi connectivity index (χ1v) is 9.43. The Kier molecular flexibility index (Phi) is 8.07. The molecule has 2 rings (SSSR count). The predicted molar refractivity (Wildman–Crippen MR) is 101 cm³/mol. The third-order valence-corrected chi connectivity index (χ3v) is 3.92. The van der Waals surface area contributed by atoms with E-state index in [9.17, 15) is 14.7 Å². The number of carbonyl (C=O) groups is 2. The lowest BCUT2D eigenvalue weighted by molar-refractivity contribution is -0.165. The third kappa shape index (κ3) is 7.74. The van der Waals surface area contributed by atoms with Gasteiger partial charge in [0.05, 0.1) is 6.61 Å². The van der Waals surface area contributed by atoms with Crippen LogP contribution in [0.2, 0.25) is 0 Å². The molecule has 1 heterocycles. The molecule has 2 N–H and O–H groups in total. The van der Waals surface area contributed by atoms with Gasteiger partial charge in [-0.2, -0.15) is 0 Å². The summed E-state index contributed by atoms with van der Waals surface area (Å²) < 4.78 is 21.8. The van der Waals surface area contributed by atoms with E-state index in [0.717, 1.165) is 25.9 Å². The largest absolute Gasteiger partial charge is 0.491 e. The van der Waals surface area contributed by atoms with Gasteiger partial charge in [0.25, 0.3) is 0 Å². The molecule has 1 amide bonds. The molecule has 1 aromatic carbocycles. The molecule has 2 atom stereocenters. The first-order chi connectivity index (χ1) is 13.2. The van der Waals surface area contributed by atoms with E-state index in [1.54, 1.807) is 45.0 Å². The van der Waals surface area contributed by atoms with Gasteiger partial charge < -0.3 is 29.4 Å². The number of ether oxygens (including phenoxy) is 4. The lowest BCUT2D eigenvalue weighted by Crippen LogP contribution is -2.38. The van der Waals surface area contributed by atoms with Crippen LogP contribution in [0.5, 0.6) is 5.75 Å². The van der Waals surface area contributed by atoms with Gasteiger partial charge in [0, 0.05) is 6.61 Å². The van der Waals surface area contributed by atoms with Gasteiger partial charge in [-0.1, -0.05) is 12.1 Å². The van der Waals surface area contributed by atoms with Crippen LogP contribution in [0.4, 0.5) is 4.79 Å². The van der Waals surface area contributed by atoms with Crippen LogP contribution >= 0.6 is 0 Å². The first-order valence-electron chi connectivity index (χ1n) is 9.43. The van der Waals surface area contributed by atoms with Crippen molar-refractivity contribution in [3.05, 3.63) is 29.8 Å². The van der Waals surface area contributed by atoms with Crippen molar-refractivity contribution in [1.29, 1.82) is 0 Å². The molecule has 8 heteroatoms. The summed E-state index contributed by atoms with van der Waals surface area (Å²) in [5.74, 6) is -0.598. The van der Waals surface area contributed by atoms with E-state index in [-0.39, 0.29) is 6.29 Å². The Balaban J connectivity index is 1.82. The molecule has 0 aliphatic carbocycles. The van der Waals surface area contributed by atoms with Gasteiger partial charge >= 0.3 is 12.1 Å². The van der Waals surface area contributed by atoms with Crippen LogP contribution in [0.15, 0.2) is 24.3 Å². The molecule has 1 aromatic rings. The summed E-state index contributed by atoms with van der Waals surface area (Å²) in [6, 6.07) is 5.28. The second-order valence-corrected chi connectivity index (χ2v) is 7.50. The Bertz CT molecular complexity index is 633. The zero-order chi connectivity index (χ0) is 20.6. The smallest absolute Gasteiger partial charge is 0.408 e. The highest BCUT2D eigenvalue weighted by Crippen LogP contribution is 2.19. The Labute approximate surface area is 165 Å². The molecule has 0 aromatic heterocycles. The maximum atomic E-state index is 11.9. The molecular formula is C20H29NO7. The van der Waals surface area contributed by atoms with Gasteiger partial charge in [0.15, 0.2) is 12.3 Å². The van der Waals surface area contributed by atoms with E-state index < -0.39 is 23.7 Å². The highest BCUT2D eigenvalue weighted by molar-refractivity contribution is 5.81. The number of carbonyl (C=O) groups excluding carboxylic acids is 1. The van der Waals surface area contributed by atoms with E-state index in [1.807, 2.05) is 0 Å². The van der Waals surface area contributed by atoms with Crippen LogP contribution in [0.25, 0.3) is 0 Å². The fourth-order valence-corrected chi connectivity index (χ4v) is 2.65. The molecule has 156 valence electrons. The molecule has 1 aliphatic heterocycles. The molecule has 1 fully saturated rings. The average Bonchev–Trinajstić information content (AvgIpc) is 2.63. The van der Waals surface area contributed by atoms with Crippen molar-refractivity contribution in [1.82, 2.24) is 5.32 Å². The van der Waals surface area contributed by atoms with Crippen LogP contribution in [-0.2, 0) is 19.0 Å². The maximum absolute atomic E-state index is 11.9. The zero-order valence-corrected chi connectivity index (χ0v) is 16.6. The van der Waals surface area contributed by atoms with Crippen molar-refractivity contribution < 1.29 is 33.6 Å². The van der Waals surface area contributed by atoms with Gasteiger partial charge in [0.1, 0.15) is 18.0 Å². The topological polar surface area (TPSA) is 103 Å². The van der Waals surface area contributed by atoms with Crippen LogP contribution in [0, 0.1) is 0 Å². The summed E-state index contributed by atoms with van der Waals surface area (Å²) in [6.45, 7) is 6.62. The van der Waals surface area contributed by atoms with Crippen LogP contribution < -0.4 is 10.1 Å². The second-order valence-electron chi connectivity index (χ2n) is 7.50. The van der Waals surface area contributed by atoms with Gasteiger partial charge in [-0.05, 0) is 57.7 Å². The minimum Gasteiger partial charge on any atom is -0.491 e. The minimum atomic E-state index is -1.21. The quantitative estimate of drug-likeness (QED) is 0.651. The van der Waals surface area contributed by atoms with E-state index >= 15 is 0 Å². The van der Waals surface area contributed by atoms with Gasteiger partial charge in [-0.25, -0.2) is 9.59 Å². The molecule has 28 heavy (non-hydrogen) atoms. The Morgan fingerprint density at radius 3 is 2.50 bits per heavy atom. The second kappa shape index (κ2) is 10.3. The normalized spacial score (nSPS) is 18.2. The zero-order valence-electron chi connectivity index (χ0n) is 16.6. The lowest BCUT2D eigenvalue weighted by atomic mass is 10.1. The molecule has 1 aliphatic rings. The van der Waals surface area contributed by atoms with Crippen molar-refractivity contribution in [2.75, 3.05) is 19.8 Å². The lowest BCUT2D eigenvalue weighted by Gasteiger charge is -2.22. The van der Waals surface area contributed by atoms with E-state index in [0.29, 0.717) is 24.5 Å². The van der Waals surface area contributed by atoms with E-state index in [4.69, 9.17) is 18.9 Å². The van der Waals surface area contributed by atoms with Gasteiger partial charge in [-0.3, -0.25) is 0 Å². The molecular weight excluding hydrogens is 366 g/mol. The molecule has 0 spiro atoms. The van der Waals surface area contributed by atoms with E-state index in [1.165, 1.54) is 0 Å². The summed E-state index contributed by atoms with van der Waals surface area (Å²) in [7, 11) is 0. The molecule has 0 bridgehead atoms. The monoisotopic (exact) mass is 395 g/mol. The Morgan fingerprint density at radius 2 is 1.93 bits per heavy atom. The van der Waals surface area contributed by atoms with Crippen molar-refractivity contribution in [2.24, 2.45) is 0 Å². The van der Waals surface area contributed by atoms with Gasteiger partial charge in [-0.15, -0.1) is 0 Å².